The first-order valence-electron chi connectivity index (χ1n) is 8.06. The molecule has 0 saturated heterocycles. The summed E-state index contributed by atoms with van der Waals surface area (Å²) in [4.78, 5) is 0. The van der Waals surface area contributed by atoms with Crippen LogP contribution in [-0.2, 0) is 0 Å². The zero-order valence-electron chi connectivity index (χ0n) is 12.7. The van der Waals surface area contributed by atoms with E-state index < -0.39 is 0 Å². The smallest absolute Gasteiger partial charge is 0.239 e. The van der Waals surface area contributed by atoms with Gasteiger partial charge in [0.2, 0.25) is 12.4 Å². The number of rotatable bonds is 3. The van der Waals surface area contributed by atoms with Crippen molar-refractivity contribution in [1.82, 2.24) is 0 Å². The van der Waals surface area contributed by atoms with E-state index in [9.17, 15) is 10.4 Å². The van der Waals surface area contributed by atoms with Crippen molar-refractivity contribution in [3.05, 3.63) is 10.4 Å². The van der Waals surface area contributed by atoms with Gasteiger partial charge in [-0.1, -0.05) is 12.8 Å². The van der Waals surface area contributed by atoms with Crippen molar-refractivity contribution in [2.24, 2.45) is 11.8 Å². The summed E-state index contributed by atoms with van der Waals surface area (Å²) in [5.41, 5.74) is 0. The molecule has 0 amide bonds. The molecule has 6 nitrogen and oxygen atoms in total. The Hall–Kier alpha value is -2.08. The van der Waals surface area contributed by atoms with Crippen LogP contribution < -0.4 is 0 Å². The number of nitriles is 2. The quantitative estimate of drug-likeness (QED) is 0.345. The minimum atomic E-state index is -0.360. The summed E-state index contributed by atoms with van der Waals surface area (Å²) in [6, 6.07) is 3.66. The highest BCUT2D eigenvalue weighted by Crippen LogP contribution is 2.26. The van der Waals surface area contributed by atoms with Gasteiger partial charge in [0, 0.05) is 12.8 Å². The van der Waals surface area contributed by atoms with Crippen molar-refractivity contribution in [1.29, 1.82) is 10.5 Å². The Balaban J connectivity index is 2.07. The molecule has 22 heavy (non-hydrogen) atoms. The highest BCUT2D eigenvalue weighted by Gasteiger charge is 2.32. The molecule has 2 fully saturated rings. The average molecular weight is 302 g/mol. The highest BCUT2D eigenvalue weighted by molar-refractivity contribution is 6.11. The van der Waals surface area contributed by atoms with Gasteiger partial charge in [-0.3, -0.25) is 0 Å². The lowest BCUT2D eigenvalue weighted by atomic mass is 9.85. The molecule has 0 aromatic heterocycles. The monoisotopic (exact) mass is 302 g/mol. The first kappa shape index (κ1) is 16.3. The predicted molar refractivity (Wildman–Crippen MR) is 82.1 cm³/mol. The van der Waals surface area contributed by atoms with E-state index in [2.05, 4.69) is 12.1 Å². The highest BCUT2D eigenvalue weighted by atomic mass is 16.5. The molecule has 2 aliphatic rings. The van der Waals surface area contributed by atoms with Gasteiger partial charge in [0.1, 0.15) is 11.8 Å². The lowest BCUT2D eigenvalue weighted by Gasteiger charge is -2.26. The van der Waals surface area contributed by atoms with Gasteiger partial charge in [-0.05, 0) is 25.7 Å². The normalized spacial score (nSPS) is 33.7. The minimum absolute atomic E-state index is 0.266. The van der Waals surface area contributed by atoms with Gasteiger partial charge >= 0.3 is 0 Å². The van der Waals surface area contributed by atoms with Crippen molar-refractivity contribution in [2.45, 2.75) is 63.5 Å². The SMILES string of the molecule is N#CC1CCCCC1/[N+]([O-])=C/C=[N+](\[O-])C1CCCCC1C#N. The maximum Gasteiger partial charge on any atom is 0.239 e. The van der Waals surface area contributed by atoms with E-state index in [0.29, 0.717) is 12.8 Å². The summed E-state index contributed by atoms with van der Waals surface area (Å²) < 4.78 is 1.50. The van der Waals surface area contributed by atoms with Crippen LogP contribution >= 0.6 is 0 Å². The minimum Gasteiger partial charge on any atom is -0.623 e. The molecule has 118 valence electrons. The molecule has 0 N–H and O–H groups in total. The second-order valence-electron chi connectivity index (χ2n) is 6.19. The van der Waals surface area contributed by atoms with Crippen molar-refractivity contribution >= 4 is 12.4 Å². The van der Waals surface area contributed by atoms with Gasteiger partial charge in [0.15, 0.2) is 12.1 Å². The summed E-state index contributed by atoms with van der Waals surface area (Å²) >= 11 is 0. The zero-order chi connectivity index (χ0) is 15.9. The Morgan fingerprint density at radius 1 is 0.727 bits per heavy atom. The van der Waals surface area contributed by atoms with E-state index >= 15 is 0 Å². The van der Waals surface area contributed by atoms with Crippen LogP contribution in [0, 0.1) is 44.9 Å². The zero-order valence-corrected chi connectivity index (χ0v) is 12.7. The molecule has 4 atom stereocenters. The molecular formula is C16H22N4O2. The van der Waals surface area contributed by atoms with Crippen molar-refractivity contribution < 1.29 is 9.48 Å². The van der Waals surface area contributed by atoms with Crippen LogP contribution in [0.1, 0.15) is 51.4 Å². The topological polar surface area (TPSA) is 99.7 Å². The number of hydrogen-bond acceptors (Lipinski definition) is 4. The van der Waals surface area contributed by atoms with Crippen LogP contribution in [0.25, 0.3) is 0 Å². The Morgan fingerprint density at radius 3 is 1.45 bits per heavy atom. The first-order chi connectivity index (χ1) is 10.7. The van der Waals surface area contributed by atoms with Crippen molar-refractivity contribution in [3.63, 3.8) is 0 Å². The van der Waals surface area contributed by atoms with Crippen LogP contribution in [0.15, 0.2) is 0 Å². The summed E-state index contributed by atoms with van der Waals surface area (Å²) in [5, 5.41) is 42.5. The standard InChI is InChI=1S/C16H22N4O2/c17-11-13-5-1-3-7-15(13)19(21)9-10-20(22)16-8-4-2-6-14(16)12-18/h9-10,13-16H,1-8H2/b19-9-,20-10-. The lowest BCUT2D eigenvalue weighted by molar-refractivity contribution is -0.519. The van der Waals surface area contributed by atoms with Crippen LogP contribution in [0.2, 0.25) is 0 Å². The third-order valence-corrected chi connectivity index (χ3v) is 4.80. The summed E-state index contributed by atoms with van der Waals surface area (Å²) in [5.74, 6) is -0.532. The summed E-state index contributed by atoms with van der Waals surface area (Å²) in [7, 11) is 0. The molecule has 2 saturated carbocycles. The van der Waals surface area contributed by atoms with E-state index in [1.54, 1.807) is 0 Å². The molecule has 0 bridgehead atoms. The Bertz CT molecular complexity index is 481. The van der Waals surface area contributed by atoms with Gasteiger partial charge in [-0.15, -0.1) is 0 Å². The van der Waals surface area contributed by atoms with Crippen molar-refractivity contribution in [2.75, 3.05) is 0 Å². The fraction of sp³-hybridized carbons (Fsp3) is 0.750. The Kier molecular flexibility index (Phi) is 5.77. The number of hydroxylamine groups is 2. The maximum atomic E-state index is 12.2. The van der Waals surface area contributed by atoms with Crippen LogP contribution in [0.5, 0.6) is 0 Å². The second-order valence-corrected chi connectivity index (χ2v) is 6.19. The molecule has 0 aromatic rings. The first-order valence-corrected chi connectivity index (χ1v) is 8.06. The maximum absolute atomic E-state index is 12.2. The van der Waals surface area contributed by atoms with E-state index in [0.717, 1.165) is 48.0 Å². The molecule has 0 aliphatic heterocycles. The van der Waals surface area contributed by atoms with Gasteiger partial charge < -0.3 is 10.4 Å². The fourth-order valence-corrected chi connectivity index (χ4v) is 3.49. The van der Waals surface area contributed by atoms with Gasteiger partial charge in [-0.2, -0.15) is 10.5 Å². The molecule has 2 aliphatic carbocycles. The van der Waals surface area contributed by atoms with Crippen LogP contribution in [0.4, 0.5) is 0 Å². The Labute approximate surface area is 131 Å². The number of hydrogen-bond donors (Lipinski definition) is 0. The Morgan fingerprint density at radius 2 is 1.09 bits per heavy atom. The van der Waals surface area contributed by atoms with E-state index in [1.807, 2.05) is 0 Å². The van der Waals surface area contributed by atoms with Gasteiger partial charge in [0.05, 0.1) is 12.1 Å². The van der Waals surface area contributed by atoms with E-state index in [1.165, 1.54) is 12.4 Å². The third kappa shape index (κ3) is 3.76. The molecule has 2 rings (SSSR count). The number of nitrogens with zero attached hydrogens (tertiary/aromatic N) is 4. The lowest BCUT2D eigenvalue weighted by Crippen LogP contribution is -2.36. The van der Waals surface area contributed by atoms with E-state index in [-0.39, 0.29) is 23.9 Å². The molecule has 0 spiro atoms. The molecule has 0 radical (unpaired) electrons. The van der Waals surface area contributed by atoms with E-state index in [4.69, 9.17) is 10.5 Å². The van der Waals surface area contributed by atoms with Gasteiger partial charge in [0.25, 0.3) is 0 Å². The molecule has 0 heterocycles. The largest absolute Gasteiger partial charge is 0.623 e. The van der Waals surface area contributed by atoms with Crippen LogP contribution in [-0.4, -0.2) is 34.0 Å². The molecular weight excluding hydrogens is 280 g/mol. The van der Waals surface area contributed by atoms with Crippen molar-refractivity contribution in [3.8, 4) is 12.1 Å². The van der Waals surface area contributed by atoms with Crippen LogP contribution in [0.3, 0.4) is 0 Å². The van der Waals surface area contributed by atoms with Gasteiger partial charge in [-0.25, -0.2) is 9.48 Å². The summed E-state index contributed by atoms with van der Waals surface area (Å²) in [6.07, 6.45) is 9.17. The average Bonchev–Trinajstić information content (AvgIpc) is 2.59. The third-order valence-electron chi connectivity index (χ3n) is 4.80. The summed E-state index contributed by atoms with van der Waals surface area (Å²) in [6.45, 7) is 0. The second kappa shape index (κ2) is 7.79. The fourth-order valence-electron chi connectivity index (χ4n) is 3.49. The molecule has 4 unspecified atom stereocenters. The molecule has 6 heteroatoms. The predicted octanol–water partition coefficient (Wildman–Crippen LogP) is 2.31. The molecule has 0 aromatic carbocycles.